The minimum absolute atomic E-state index is 0.138. The summed E-state index contributed by atoms with van der Waals surface area (Å²) < 4.78 is 2.52. The second-order valence-electron chi connectivity index (χ2n) is 12.3. The number of hydrogen-bond donors (Lipinski definition) is 0. The molecule has 3 heteroatoms. The third-order valence-electron chi connectivity index (χ3n) is 9.82. The van der Waals surface area contributed by atoms with Crippen molar-refractivity contribution in [2.45, 2.75) is 17.7 Å². The predicted octanol–water partition coefficient (Wildman–Crippen LogP) is 10.1. The van der Waals surface area contributed by atoms with Gasteiger partial charge in [-0.25, -0.2) is 0 Å². The third-order valence-corrected chi connectivity index (χ3v) is 11.1. The van der Waals surface area contributed by atoms with E-state index in [1.54, 1.807) is 0 Å². The number of rotatable bonds is 3. The summed E-state index contributed by atoms with van der Waals surface area (Å²) in [4.78, 5) is 4.08. The van der Waals surface area contributed by atoms with Crippen LogP contribution in [0.3, 0.4) is 0 Å². The highest BCUT2D eigenvalue weighted by molar-refractivity contribution is 8.04. The van der Waals surface area contributed by atoms with Crippen LogP contribution >= 0.6 is 11.8 Å². The first kappa shape index (κ1) is 25.2. The number of allylic oxidation sites excluding steroid dienone is 8. The Morgan fingerprint density at radius 1 is 0.711 bits per heavy atom. The van der Waals surface area contributed by atoms with Crippen molar-refractivity contribution in [3.05, 3.63) is 185 Å². The maximum atomic E-state index is 2.65. The molecule has 45 heavy (non-hydrogen) atoms. The van der Waals surface area contributed by atoms with Crippen LogP contribution in [0.15, 0.2) is 185 Å². The number of nitrogens with zero attached hydrogens (tertiary/aromatic N) is 2. The Hall–Kier alpha value is -5.12. The lowest BCUT2D eigenvalue weighted by atomic mass is 9.88. The van der Waals surface area contributed by atoms with Crippen LogP contribution in [0.4, 0.5) is 17.1 Å². The Balaban J connectivity index is 1.19. The second-order valence-corrected chi connectivity index (χ2v) is 13.4. The molecule has 0 radical (unpaired) electrons. The normalized spacial score (nSPS) is 21.7. The quantitative estimate of drug-likeness (QED) is 0.218. The van der Waals surface area contributed by atoms with Crippen LogP contribution in [0.1, 0.15) is 6.42 Å². The Morgan fingerprint density at radius 2 is 1.44 bits per heavy atom. The Morgan fingerprint density at radius 3 is 2.22 bits per heavy atom. The highest BCUT2D eigenvalue weighted by Crippen LogP contribution is 2.56. The standard InChI is InChI=1S/C42H29N2S/c1-3-12-27(13-4-1)29-22-30(28-14-5-2-6-15-28)24-31(23-29)43-36-18-8-9-19-37(36)44-39-25-35-32-16-7-10-21-40(32)45-41(35)26-34(39)33-17-11-20-38(43)42(33)44/h1-24,26,40,42H,25H2/q+1. The van der Waals surface area contributed by atoms with E-state index in [0.29, 0.717) is 5.25 Å². The zero-order valence-corrected chi connectivity index (χ0v) is 25.4. The fourth-order valence-electron chi connectivity index (χ4n) is 7.86. The molecule has 10 rings (SSSR count). The van der Waals surface area contributed by atoms with Gasteiger partial charge in [-0.05, 0) is 57.2 Å². The molecule has 3 heterocycles. The van der Waals surface area contributed by atoms with Gasteiger partial charge in [-0.2, -0.15) is 4.58 Å². The lowest BCUT2D eigenvalue weighted by Gasteiger charge is -2.34. The van der Waals surface area contributed by atoms with Gasteiger partial charge in [-0.3, -0.25) is 0 Å². The summed E-state index contributed by atoms with van der Waals surface area (Å²) in [5.41, 5.74) is 17.1. The van der Waals surface area contributed by atoms with Crippen LogP contribution in [-0.4, -0.2) is 17.0 Å². The summed E-state index contributed by atoms with van der Waals surface area (Å²) in [7, 11) is 0. The molecule has 0 aromatic heterocycles. The van der Waals surface area contributed by atoms with E-state index in [1.165, 1.54) is 77.9 Å². The van der Waals surface area contributed by atoms with Gasteiger partial charge >= 0.3 is 0 Å². The van der Waals surface area contributed by atoms with Crippen molar-refractivity contribution in [2.24, 2.45) is 0 Å². The highest BCUT2D eigenvalue weighted by atomic mass is 32.2. The van der Waals surface area contributed by atoms with Gasteiger partial charge in [-0.15, -0.1) is 11.8 Å². The Bertz CT molecular complexity index is 2150. The number of para-hydroxylation sites is 2. The van der Waals surface area contributed by atoms with E-state index < -0.39 is 0 Å². The molecule has 0 spiro atoms. The van der Waals surface area contributed by atoms with E-state index in [2.05, 4.69) is 161 Å². The average Bonchev–Trinajstić information content (AvgIpc) is 3.64. The predicted molar refractivity (Wildman–Crippen MR) is 190 cm³/mol. The number of thioether (sulfide) groups is 1. The van der Waals surface area contributed by atoms with Gasteiger partial charge in [0.15, 0.2) is 0 Å². The van der Waals surface area contributed by atoms with Gasteiger partial charge in [0.25, 0.3) is 0 Å². The van der Waals surface area contributed by atoms with E-state index in [-0.39, 0.29) is 6.04 Å². The Kier molecular flexibility index (Phi) is 5.43. The molecule has 3 aliphatic heterocycles. The van der Waals surface area contributed by atoms with Crippen molar-refractivity contribution in [3.63, 3.8) is 0 Å². The maximum absolute atomic E-state index is 2.65. The molecular formula is C42H29N2S+. The molecular weight excluding hydrogens is 565 g/mol. The van der Waals surface area contributed by atoms with Crippen molar-refractivity contribution in [1.82, 2.24) is 4.58 Å². The monoisotopic (exact) mass is 593 g/mol. The molecule has 6 aliphatic rings. The molecule has 2 unspecified atom stereocenters. The molecule has 2 nitrogen and oxygen atoms in total. The first-order valence-corrected chi connectivity index (χ1v) is 16.6. The van der Waals surface area contributed by atoms with Gasteiger partial charge in [-0.1, -0.05) is 109 Å². The van der Waals surface area contributed by atoms with E-state index in [4.69, 9.17) is 0 Å². The van der Waals surface area contributed by atoms with Gasteiger partial charge in [0.1, 0.15) is 11.7 Å². The first-order chi connectivity index (χ1) is 22.3. The lowest BCUT2D eigenvalue weighted by Crippen LogP contribution is -2.45. The van der Waals surface area contributed by atoms with E-state index in [9.17, 15) is 0 Å². The molecule has 0 bridgehead atoms. The zero-order valence-electron chi connectivity index (χ0n) is 24.6. The summed E-state index contributed by atoms with van der Waals surface area (Å²) in [6.45, 7) is 0. The number of hydrogen-bond acceptors (Lipinski definition) is 2. The SMILES string of the molecule is C1=CC2=C3CC4=C(C=C3SC2C=C1)C1=CC=CC2=[N+](c3cc(-c5ccccc5)cc(-c5ccccc5)c3)c3ccccc3N4C12. The van der Waals surface area contributed by atoms with Crippen molar-refractivity contribution in [3.8, 4) is 22.3 Å². The minimum atomic E-state index is 0.138. The number of fused-ring (bicyclic) bond motifs is 6. The molecule has 4 aromatic carbocycles. The van der Waals surface area contributed by atoms with Crippen molar-refractivity contribution >= 4 is 34.5 Å². The molecule has 0 fully saturated rings. The van der Waals surface area contributed by atoms with Crippen molar-refractivity contribution in [1.29, 1.82) is 0 Å². The second kappa shape index (κ2) is 9.69. The molecule has 0 amide bonds. The minimum Gasteiger partial charge on any atom is -0.321 e. The van der Waals surface area contributed by atoms with Gasteiger partial charge in [0.2, 0.25) is 17.1 Å². The molecule has 0 saturated carbocycles. The van der Waals surface area contributed by atoms with Gasteiger partial charge in [0, 0.05) is 46.9 Å². The first-order valence-electron chi connectivity index (χ1n) is 15.7. The van der Waals surface area contributed by atoms with Gasteiger partial charge < -0.3 is 4.90 Å². The molecule has 4 aromatic rings. The topological polar surface area (TPSA) is 6.25 Å². The average molecular weight is 594 g/mol. The number of anilines is 1. The Labute approximate surface area is 267 Å². The molecule has 2 atom stereocenters. The summed E-state index contributed by atoms with van der Waals surface area (Å²) >= 11 is 2.01. The summed E-state index contributed by atoms with van der Waals surface area (Å²) in [6, 6.07) is 37.7. The molecule has 0 saturated heterocycles. The van der Waals surface area contributed by atoms with Crippen LogP contribution in [0.2, 0.25) is 0 Å². The van der Waals surface area contributed by atoms with Crippen molar-refractivity contribution in [2.75, 3.05) is 4.90 Å². The zero-order chi connectivity index (χ0) is 29.5. The fourth-order valence-corrected chi connectivity index (χ4v) is 9.17. The van der Waals surface area contributed by atoms with Crippen LogP contribution in [0.25, 0.3) is 22.3 Å². The molecule has 3 aliphatic carbocycles. The van der Waals surface area contributed by atoms with Crippen LogP contribution < -0.4 is 9.48 Å². The summed E-state index contributed by atoms with van der Waals surface area (Å²) in [5.74, 6) is 0. The lowest BCUT2D eigenvalue weighted by molar-refractivity contribution is 0.852. The van der Waals surface area contributed by atoms with Gasteiger partial charge in [0.05, 0.1) is 5.25 Å². The maximum Gasteiger partial charge on any atom is 0.235 e. The van der Waals surface area contributed by atoms with E-state index in [1.807, 2.05) is 11.8 Å². The van der Waals surface area contributed by atoms with E-state index >= 15 is 0 Å². The van der Waals surface area contributed by atoms with Crippen molar-refractivity contribution < 1.29 is 0 Å². The highest BCUT2D eigenvalue weighted by Gasteiger charge is 2.50. The fraction of sp³-hybridized carbons (Fsp3) is 0.0714. The van der Waals surface area contributed by atoms with Crippen LogP contribution in [-0.2, 0) is 0 Å². The van der Waals surface area contributed by atoms with Crippen LogP contribution in [0, 0.1) is 0 Å². The molecule has 212 valence electrons. The summed E-state index contributed by atoms with van der Waals surface area (Å²) in [5, 5.41) is 0.439. The summed E-state index contributed by atoms with van der Waals surface area (Å²) in [6.07, 6.45) is 19.5. The largest absolute Gasteiger partial charge is 0.321 e. The third kappa shape index (κ3) is 3.74. The smallest absolute Gasteiger partial charge is 0.235 e. The number of benzene rings is 4. The van der Waals surface area contributed by atoms with E-state index in [0.717, 1.165) is 6.42 Å². The van der Waals surface area contributed by atoms with Crippen LogP contribution in [0.5, 0.6) is 0 Å². The molecule has 0 N–H and O–H groups in total.